The molecule has 0 amide bonds. The number of rotatable bonds is 5. The lowest BCUT2D eigenvalue weighted by atomic mass is 9.79. The molecule has 0 aromatic heterocycles. The predicted molar refractivity (Wildman–Crippen MR) is 74.0 cm³/mol. The molecule has 1 heteroatoms. The van der Waals surface area contributed by atoms with E-state index >= 15 is 0 Å². The van der Waals surface area contributed by atoms with Crippen molar-refractivity contribution in [3.63, 3.8) is 0 Å². The first-order chi connectivity index (χ1) is 8.16. The molecular formula is C16H25N. The van der Waals surface area contributed by atoms with Gasteiger partial charge in [0.05, 0.1) is 0 Å². The van der Waals surface area contributed by atoms with Gasteiger partial charge in [-0.3, -0.25) is 0 Å². The molecule has 1 atom stereocenters. The maximum atomic E-state index is 6.27. The highest BCUT2D eigenvalue weighted by Crippen LogP contribution is 2.37. The number of hydrogen-bond donors (Lipinski definition) is 1. The third kappa shape index (κ3) is 3.32. The minimum atomic E-state index is 0.220. The van der Waals surface area contributed by atoms with Crippen LogP contribution < -0.4 is 5.73 Å². The lowest BCUT2D eigenvalue weighted by Crippen LogP contribution is -2.13. The molecule has 0 heterocycles. The first-order valence-corrected chi connectivity index (χ1v) is 7.02. The molecule has 0 radical (unpaired) electrons. The van der Waals surface area contributed by atoms with Crippen molar-refractivity contribution in [2.45, 2.75) is 57.9 Å². The molecule has 0 saturated heterocycles. The van der Waals surface area contributed by atoms with E-state index in [0.717, 1.165) is 18.3 Å². The van der Waals surface area contributed by atoms with E-state index < -0.39 is 0 Å². The van der Waals surface area contributed by atoms with Crippen molar-refractivity contribution in [3.8, 4) is 0 Å². The van der Waals surface area contributed by atoms with Crippen molar-refractivity contribution in [3.05, 3.63) is 35.4 Å². The van der Waals surface area contributed by atoms with Crippen molar-refractivity contribution < 1.29 is 0 Å². The molecule has 17 heavy (non-hydrogen) atoms. The van der Waals surface area contributed by atoms with Gasteiger partial charge in [-0.25, -0.2) is 0 Å². The van der Waals surface area contributed by atoms with Crippen LogP contribution in [0.3, 0.4) is 0 Å². The first kappa shape index (κ1) is 12.6. The molecule has 1 unspecified atom stereocenters. The lowest BCUT2D eigenvalue weighted by molar-refractivity contribution is 0.419. The molecule has 1 nitrogen and oxygen atoms in total. The van der Waals surface area contributed by atoms with E-state index in [2.05, 4.69) is 38.1 Å². The Kier molecular flexibility index (Phi) is 4.22. The highest BCUT2D eigenvalue weighted by molar-refractivity contribution is 5.29. The summed E-state index contributed by atoms with van der Waals surface area (Å²) in [6.07, 6.45) is 6.45. The number of benzene rings is 1. The van der Waals surface area contributed by atoms with Gasteiger partial charge in [0.15, 0.2) is 0 Å². The van der Waals surface area contributed by atoms with Gasteiger partial charge in [-0.15, -0.1) is 0 Å². The largest absolute Gasteiger partial charge is 0.324 e. The average Bonchev–Trinajstić information content (AvgIpc) is 2.24. The number of nitrogens with two attached hydrogens (primary N) is 1. The molecule has 1 fully saturated rings. The van der Waals surface area contributed by atoms with E-state index in [1.54, 1.807) is 0 Å². The van der Waals surface area contributed by atoms with Crippen LogP contribution in [-0.2, 0) is 0 Å². The number of hydrogen-bond acceptors (Lipinski definition) is 1. The zero-order valence-electron chi connectivity index (χ0n) is 11.2. The zero-order valence-corrected chi connectivity index (χ0v) is 11.2. The van der Waals surface area contributed by atoms with Gasteiger partial charge >= 0.3 is 0 Å². The summed E-state index contributed by atoms with van der Waals surface area (Å²) in [4.78, 5) is 0. The quantitative estimate of drug-likeness (QED) is 0.799. The van der Waals surface area contributed by atoms with Gasteiger partial charge in [-0.2, -0.15) is 0 Å². The van der Waals surface area contributed by atoms with E-state index in [-0.39, 0.29) is 6.04 Å². The zero-order chi connectivity index (χ0) is 12.3. The molecular weight excluding hydrogens is 206 g/mol. The van der Waals surface area contributed by atoms with Gasteiger partial charge in [-0.05, 0) is 48.6 Å². The van der Waals surface area contributed by atoms with Crippen LogP contribution in [-0.4, -0.2) is 0 Å². The molecule has 1 aromatic rings. The average molecular weight is 231 g/mol. The van der Waals surface area contributed by atoms with Crippen molar-refractivity contribution in [2.75, 3.05) is 0 Å². The second kappa shape index (κ2) is 5.68. The van der Waals surface area contributed by atoms with Crippen molar-refractivity contribution in [2.24, 2.45) is 11.7 Å². The predicted octanol–water partition coefficient (Wildman–Crippen LogP) is 4.39. The summed E-state index contributed by atoms with van der Waals surface area (Å²) in [5.41, 5.74) is 9.11. The van der Waals surface area contributed by atoms with E-state index in [1.165, 1.54) is 36.8 Å². The van der Waals surface area contributed by atoms with E-state index in [1.807, 2.05) is 0 Å². The topological polar surface area (TPSA) is 26.0 Å². The Balaban J connectivity index is 1.99. The molecule has 1 aliphatic rings. The lowest BCUT2D eigenvalue weighted by Gasteiger charge is -2.26. The van der Waals surface area contributed by atoms with Gasteiger partial charge in [0.2, 0.25) is 0 Å². The van der Waals surface area contributed by atoms with Crippen molar-refractivity contribution in [1.29, 1.82) is 0 Å². The Morgan fingerprint density at radius 1 is 1.24 bits per heavy atom. The summed E-state index contributed by atoms with van der Waals surface area (Å²) >= 11 is 0. The molecule has 0 spiro atoms. The minimum absolute atomic E-state index is 0.220. The third-order valence-electron chi connectivity index (χ3n) is 3.97. The Morgan fingerprint density at radius 2 is 2.00 bits per heavy atom. The summed E-state index contributed by atoms with van der Waals surface area (Å²) in [7, 11) is 0. The highest BCUT2D eigenvalue weighted by Gasteiger charge is 2.20. The molecule has 2 N–H and O–H groups in total. The van der Waals surface area contributed by atoms with Crippen LogP contribution in [0.5, 0.6) is 0 Å². The Bertz CT molecular complexity index is 352. The normalized spacial score (nSPS) is 18.1. The first-order valence-electron chi connectivity index (χ1n) is 7.02. The van der Waals surface area contributed by atoms with Crippen molar-refractivity contribution >= 4 is 0 Å². The van der Waals surface area contributed by atoms with E-state index in [9.17, 15) is 0 Å². The molecule has 0 aliphatic heterocycles. The molecule has 0 bridgehead atoms. The van der Waals surface area contributed by atoms with Crippen LogP contribution in [0.2, 0.25) is 0 Å². The van der Waals surface area contributed by atoms with Gasteiger partial charge in [0.25, 0.3) is 0 Å². The molecule has 1 aromatic carbocycles. The fourth-order valence-electron chi connectivity index (χ4n) is 2.46. The minimum Gasteiger partial charge on any atom is -0.324 e. The molecule has 94 valence electrons. The van der Waals surface area contributed by atoms with Crippen LogP contribution in [0.15, 0.2) is 24.3 Å². The molecule has 1 aliphatic carbocycles. The standard InChI is InChI=1S/C16H25N/c1-12(2)9-10-16(17)15-8-4-7-14(11-15)13-5-3-6-13/h4,7-8,11-13,16H,3,5-6,9-10,17H2,1-2H3. The second-order valence-electron chi connectivity index (χ2n) is 5.88. The van der Waals surface area contributed by atoms with Crippen LogP contribution in [0.1, 0.15) is 69.0 Å². The molecule has 2 rings (SSSR count). The third-order valence-corrected chi connectivity index (χ3v) is 3.97. The fourth-order valence-corrected chi connectivity index (χ4v) is 2.46. The van der Waals surface area contributed by atoms with E-state index in [4.69, 9.17) is 5.73 Å². The molecule has 1 saturated carbocycles. The maximum Gasteiger partial charge on any atom is 0.0295 e. The van der Waals surface area contributed by atoms with Crippen LogP contribution in [0.4, 0.5) is 0 Å². The van der Waals surface area contributed by atoms with Gasteiger partial charge in [0.1, 0.15) is 0 Å². The maximum absolute atomic E-state index is 6.27. The smallest absolute Gasteiger partial charge is 0.0295 e. The summed E-state index contributed by atoms with van der Waals surface area (Å²) in [5, 5.41) is 0. The SMILES string of the molecule is CC(C)CCC(N)c1cccc(C2CCC2)c1. The van der Waals surface area contributed by atoms with Crippen LogP contribution in [0.25, 0.3) is 0 Å². The van der Waals surface area contributed by atoms with Gasteiger partial charge in [0, 0.05) is 6.04 Å². The monoisotopic (exact) mass is 231 g/mol. The van der Waals surface area contributed by atoms with E-state index in [0.29, 0.717) is 0 Å². The second-order valence-corrected chi connectivity index (χ2v) is 5.88. The Hall–Kier alpha value is -0.820. The summed E-state index contributed by atoms with van der Waals surface area (Å²) in [5.74, 6) is 1.56. The Morgan fingerprint density at radius 3 is 2.59 bits per heavy atom. The van der Waals surface area contributed by atoms with Crippen LogP contribution in [0, 0.1) is 5.92 Å². The van der Waals surface area contributed by atoms with Crippen LogP contribution >= 0.6 is 0 Å². The van der Waals surface area contributed by atoms with Gasteiger partial charge < -0.3 is 5.73 Å². The summed E-state index contributed by atoms with van der Waals surface area (Å²) in [6, 6.07) is 9.19. The van der Waals surface area contributed by atoms with Gasteiger partial charge in [-0.1, -0.05) is 44.5 Å². The summed E-state index contributed by atoms with van der Waals surface area (Å²) < 4.78 is 0. The Labute approximate surface area is 105 Å². The highest BCUT2D eigenvalue weighted by atomic mass is 14.6. The van der Waals surface area contributed by atoms with Crippen molar-refractivity contribution in [1.82, 2.24) is 0 Å². The fraction of sp³-hybridized carbons (Fsp3) is 0.625. The summed E-state index contributed by atoms with van der Waals surface area (Å²) in [6.45, 7) is 4.52.